The molecular formula is C13H15BrClN3O2. The molecule has 108 valence electrons. The normalized spacial score (nSPS) is 15.2. The Balaban J connectivity index is 2.14. The molecule has 1 aromatic rings. The number of nitrogens with zero attached hydrogens (tertiary/aromatic N) is 2. The van der Waals surface area contributed by atoms with Gasteiger partial charge in [0.2, 0.25) is 0 Å². The van der Waals surface area contributed by atoms with Gasteiger partial charge >= 0.3 is 0 Å². The number of halogens is 2. The zero-order valence-electron chi connectivity index (χ0n) is 10.7. The second-order valence-corrected chi connectivity index (χ2v) is 6.02. The summed E-state index contributed by atoms with van der Waals surface area (Å²) in [6, 6.07) is 5.42. The summed E-state index contributed by atoms with van der Waals surface area (Å²) in [5, 5.41) is 11.9. The third-order valence-electron chi connectivity index (χ3n) is 3.15. The second-order valence-electron chi connectivity index (χ2n) is 4.70. The molecule has 7 heteroatoms. The summed E-state index contributed by atoms with van der Waals surface area (Å²) in [6.45, 7) is 0.422. The van der Waals surface area contributed by atoms with Gasteiger partial charge in [0.15, 0.2) is 0 Å². The van der Waals surface area contributed by atoms with E-state index in [1.165, 1.54) is 0 Å². The van der Waals surface area contributed by atoms with Crippen molar-refractivity contribution in [3.8, 4) is 0 Å². The Bertz CT molecular complexity index is 546. The molecule has 1 saturated carbocycles. The summed E-state index contributed by atoms with van der Waals surface area (Å²) in [4.78, 5) is 14.3. The van der Waals surface area contributed by atoms with Crippen molar-refractivity contribution in [2.75, 3.05) is 6.54 Å². The molecule has 1 aliphatic rings. The van der Waals surface area contributed by atoms with Crippen molar-refractivity contribution in [1.82, 2.24) is 4.90 Å². The lowest BCUT2D eigenvalue weighted by molar-refractivity contribution is 0.0747. The first-order chi connectivity index (χ1) is 9.52. The van der Waals surface area contributed by atoms with Crippen LogP contribution in [0.2, 0.25) is 5.02 Å². The number of hydrogen-bond acceptors (Lipinski definition) is 3. The molecule has 3 N–H and O–H groups in total. The Morgan fingerprint density at radius 1 is 1.55 bits per heavy atom. The van der Waals surface area contributed by atoms with Crippen LogP contribution in [0.5, 0.6) is 0 Å². The molecule has 0 radical (unpaired) electrons. The first-order valence-electron chi connectivity index (χ1n) is 6.25. The minimum absolute atomic E-state index is 0.115. The van der Waals surface area contributed by atoms with E-state index in [2.05, 4.69) is 21.1 Å². The summed E-state index contributed by atoms with van der Waals surface area (Å²) in [5.74, 6) is 0.00101. The maximum absolute atomic E-state index is 12.5. The fraction of sp³-hybridized carbons (Fsp3) is 0.385. The molecule has 1 amide bonds. The number of amides is 1. The van der Waals surface area contributed by atoms with Crippen LogP contribution in [0.15, 0.2) is 27.8 Å². The first kappa shape index (κ1) is 15.1. The van der Waals surface area contributed by atoms with Gasteiger partial charge in [0.1, 0.15) is 5.84 Å². The first-order valence-corrected chi connectivity index (χ1v) is 7.42. The molecule has 1 aliphatic carbocycles. The van der Waals surface area contributed by atoms with Crippen LogP contribution in [0, 0.1) is 0 Å². The molecule has 1 fully saturated rings. The van der Waals surface area contributed by atoms with Crippen molar-refractivity contribution in [1.29, 1.82) is 0 Å². The van der Waals surface area contributed by atoms with Gasteiger partial charge in [-0.2, -0.15) is 0 Å². The Labute approximate surface area is 130 Å². The Kier molecular flexibility index (Phi) is 4.88. The number of benzene rings is 1. The Morgan fingerprint density at radius 2 is 2.25 bits per heavy atom. The van der Waals surface area contributed by atoms with Gasteiger partial charge < -0.3 is 15.8 Å². The molecule has 0 saturated heterocycles. The van der Waals surface area contributed by atoms with E-state index in [1.54, 1.807) is 23.1 Å². The highest BCUT2D eigenvalue weighted by atomic mass is 79.9. The van der Waals surface area contributed by atoms with Crippen molar-refractivity contribution in [3.63, 3.8) is 0 Å². The number of oxime groups is 1. The lowest BCUT2D eigenvalue weighted by Crippen LogP contribution is -2.36. The largest absolute Gasteiger partial charge is 0.409 e. The highest BCUT2D eigenvalue weighted by molar-refractivity contribution is 9.10. The molecule has 20 heavy (non-hydrogen) atoms. The van der Waals surface area contributed by atoms with E-state index in [0.29, 0.717) is 23.6 Å². The van der Waals surface area contributed by atoms with Crippen LogP contribution in [-0.4, -0.2) is 34.4 Å². The SMILES string of the molecule is NC(CCN(C(=O)c1ccc(Br)cc1Cl)C1CC1)=NO. The molecular weight excluding hydrogens is 346 g/mol. The van der Waals surface area contributed by atoms with Crippen LogP contribution in [0.25, 0.3) is 0 Å². The Hall–Kier alpha value is -1.27. The number of rotatable bonds is 5. The zero-order chi connectivity index (χ0) is 14.7. The highest BCUT2D eigenvalue weighted by Gasteiger charge is 2.33. The summed E-state index contributed by atoms with van der Waals surface area (Å²) in [5.41, 5.74) is 5.93. The lowest BCUT2D eigenvalue weighted by atomic mass is 10.2. The molecule has 1 aromatic carbocycles. The van der Waals surface area contributed by atoms with Gasteiger partial charge in [-0.3, -0.25) is 4.79 Å². The highest BCUT2D eigenvalue weighted by Crippen LogP contribution is 2.30. The van der Waals surface area contributed by atoms with Gasteiger partial charge in [0, 0.05) is 23.5 Å². The molecule has 0 spiro atoms. The van der Waals surface area contributed by atoms with Gasteiger partial charge in [0.25, 0.3) is 5.91 Å². The molecule has 0 aromatic heterocycles. The van der Waals surface area contributed by atoms with Gasteiger partial charge in [-0.25, -0.2) is 0 Å². The topological polar surface area (TPSA) is 78.9 Å². The van der Waals surface area contributed by atoms with Crippen molar-refractivity contribution < 1.29 is 10.0 Å². The number of carbonyl (C=O) groups is 1. The number of amidine groups is 1. The van der Waals surface area contributed by atoms with Crippen LogP contribution in [0.3, 0.4) is 0 Å². The quantitative estimate of drug-likeness (QED) is 0.367. The predicted molar refractivity (Wildman–Crippen MR) is 81.2 cm³/mol. The minimum atomic E-state index is -0.115. The van der Waals surface area contributed by atoms with Crippen LogP contribution < -0.4 is 5.73 Å². The van der Waals surface area contributed by atoms with Crippen LogP contribution in [0.1, 0.15) is 29.6 Å². The van der Waals surface area contributed by atoms with Gasteiger partial charge in [-0.15, -0.1) is 0 Å². The zero-order valence-corrected chi connectivity index (χ0v) is 13.1. The van der Waals surface area contributed by atoms with Crippen molar-refractivity contribution in [2.45, 2.75) is 25.3 Å². The molecule has 0 bridgehead atoms. The average Bonchev–Trinajstić information content (AvgIpc) is 3.23. The van der Waals surface area contributed by atoms with Gasteiger partial charge in [0.05, 0.1) is 10.6 Å². The van der Waals surface area contributed by atoms with Crippen molar-refractivity contribution in [3.05, 3.63) is 33.3 Å². The maximum Gasteiger partial charge on any atom is 0.255 e. The van der Waals surface area contributed by atoms with Crippen molar-refractivity contribution in [2.24, 2.45) is 10.9 Å². The van der Waals surface area contributed by atoms with E-state index in [1.807, 2.05) is 0 Å². The fourth-order valence-corrected chi connectivity index (χ4v) is 2.69. The minimum Gasteiger partial charge on any atom is -0.409 e. The summed E-state index contributed by atoms with van der Waals surface area (Å²) >= 11 is 9.43. The number of nitrogens with two attached hydrogens (primary N) is 1. The van der Waals surface area contributed by atoms with Crippen LogP contribution in [0.4, 0.5) is 0 Å². The van der Waals surface area contributed by atoms with E-state index < -0.39 is 0 Å². The third kappa shape index (κ3) is 3.64. The summed E-state index contributed by atoms with van der Waals surface area (Å²) in [7, 11) is 0. The standard InChI is InChI=1S/C13H15BrClN3O2/c14-8-1-4-10(11(15)7-8)13(19)18(9-2-3-9)6-5-12(16)17-20/h1,4,7,9,20H,2-3,5-6H2,(H2,16,17). The monoisotopic (exact) mass is 359 g/mol. The second kappa shape index (κ2) is 6.45. The van der Waals surface area contributed by atoms with Crippen LogP contribution >= 0.6 is 27.5 Å². The number of carbonyl (C=O) groups excluding carboxylic acids is 1. The molecule has 0 aliphatic heterocycles. The van der Waals surface area contributed by atoms with E-state index >= 15 is 0 Å². The average molecular weight is 361 g/mol. The maximum atomic E-state index is 12.5. The Morgan fingerprint density at radius 3 is 2.80 bits per heavy atom. The van der Waals surface area contributed by atoms with Crippen LogP contribution in [-0.2, 0) is 0 Å². The van der Waals surface area contributed by atoms with Crippen molar-refractivity contribution >= 4 is 39.3 Å². The van der Waals surface area contributed by atoms with Gasteiger partial charge in [-0.05, 0) is 31.0 Å². The van der Waals surface area contributed by atoms with E-state index in [9.17, 15) is 4.79 Å². The molecule has 0 atom stereocenters. The molecule has 0 heterocycles. The predicted octanol–water partition coefficient (Wildman–Crippen LogP) is 2.84. The molecule has 5 nitrogen and oxygen atoms in total. The summed E-state index contributed by atoms with van der Waals surface area (Å²) in [6.07, 6.45) is 2.30. The molecule has 0 unspecified atom stereocenters. The summed E-state index contributed by atoms with van der Waals surface area (Å²) < 4.78 is 0.827. The lowest BCUT2D eigenvalue weighted by Gasteiger charge is -2.22. The van der Waals surface area contributed by atoms with Gasteiger partial charge in [-0.1, -0.05) is 32.7 Å². The van der Waals surface area contributed by atoms with E-state index in [4.69, 9.17) is 22.5 Å². The third-order valence-corrected chi connectivity index (χ3v) is 3.95. The fourth-order valence-electron chi connectivity index (χ4n) is 1.94. The van der Waals surface area contributed by atoms with E-state index in [-0.39, 0.29) is 17.8 Å². The molecule has 2 rings (SSSR count). The smallest absolute Gasteiger partial charge is 0.255 e. The van der Waals surface area contributed by atoms with E-state index in [0.717, 1.165) is 17.3 Å². The number of hydrogen-bond donors (Lipinski definition) is 2.